The highest BCUT2D eigenvalue weighted by Gasteiger charge is 2.14. The van der Waals surface area contributed by atoms with Crippen molar-refractivity contribution in [1.82, 2.24) is 29.3 Å². The van der Waals surface area contributed by atoms with Gasteiger partial charge >= 0.3 is 11.9 Å². The van der Waals surface area contributed by atoms with Crippen molar-refractivity contribution in [3.8, 4) is 0 Å². The van der Waals surface area contributed by atoms with Crippen molar-refractivity contribution in [2.45, 2.75) is 6.54 Å². The van der Waals surface area contributed by atoms with Crippen molar-refractivity contribution in [2.75, 3.05) is 61.4 Å². The molecule has 0 aliphatic heterocycles. The molecule has 0 saturated heterocycles. The summed E-state index contributed by atoms with van der Waals surface area (Å²) in [6.45, 7) is 2.74. The molecule has 0 atom stereocenters. The van der Waals surface area contributed by atoms with Crippen molar-refractivity contribution < 1.29 is 19.1 Å². The monoisotopic (exact) mass is 566 g/mol. The van der Waals surface area contributed by atoms with Crippen LogP contribution in [0, 0.1) is 0 Å². The van der Waals surface area contributed by atoms with Crippen LogP contribution in [-0.4, -0.2) is 103 Å². The van der Waals surface area contributed by atoms with Crippen LogP contribution in [0.25, 0.3) is 22.1 Å². The van der Waals surface area contributed by atoms with E-state index in [4.69, 9.17) is 16.3 Å². The van der Waals surface area contributed by atoms with Gasteiger partial charge in [0.05, 0.1) is 49.0 Å². The standard InChI is InChI=1S/C13H17N3O2.C9H8N2O2.C4H10ClN.ClH/c1-15(2)7-8-16-9-14-12-10(13(17)18-3)5-4-6-11(12)16;1-13-9(12)6-3-2-4-7-8(6)11-5-10-7;1-6(2)4-3-5;/h4-6,9H,7-8H2,1-3H3;2-5H,1H3,(H,10,11);3-4H2,1-2H3;1H. The highest BCUT2D eigenvalue weighted by molar-refractivity contribution is 6.18. The molecule has 2 aromatic heterocycles. The van der Waals surface area contributed by atoms with Gasteiger partial charge in [-0.3, -0.25) is 0 Å². The number of hydrogen-bond acceptors (Lipinski definition) is 8. The third-order valence-electron chi connectivity index (χ3n) is 5.23. The molecule has 0 aliphatic rings. The minimum absolute atomic E-state index is 0. The number of carbonyl (C=O) groups is 2. The topological polar surface area (TPSA) is 106 Å². The van der Waals surface area contributed by atoms with Crippen LogP contribution < -0.4 is 0 Å². The minimum atomic E-state index is -0.363. The molecule has 0 unspecified atom stereocenters. The summed E-state index contributed by atoms with van der Waals surface area (Å²) in [5.41, 5.74) is 4.14. The molecule has 4 rings (SSSR count). The Balaban J connectivity index is 0.000000317. The number of H-pyrrole nitrogens is 1. The number of aromatic nitrogens is 4. The number of esters is 2. The van der Waals surface area contributed by atoms with Crippen LogP contribution in [0.3, 0.4) is 0 Å². The Morgan fingerprint density at radius 2 is 1.47 bits per heavy atom. The number of fused-ring (bicyclic) bond motifs is 2. The number of likely N-dealkylation sites (N-methyl/N-ethyl adjacent to an activating group) is 1. The van der Waals surface area contributed by atoms with E-state index in [1.807, 2.05) is 55.9 Å². The number of para-hydroxylation sites is 2. The number of hydrogen-bond donors (Lipinski definition) is 1. The summed E-state index contributed by atoms with van der Waals surface area (Å²) in [5, 5.41) is 0. The summed E-state index contributed by atoms with van der Waals surface area (Å²) in [6.07, 6.45) is 3.32. The van der Waals surface area contributed by atoms with Crippen LogP contribution in [-0.2, 0) is 16.0 Å². The van der Waals surface area contributed by atoms with Gasteiger partial charge in [-0.1, -0.05) is 12.1 Å². The average Bonchev–Trinajstić information content (AvgIpc) is 3.54. The number of ether oxygens (including phenoxy) is 2. The number of rotatable bonds is 7. The molecule has 0 radical (unpaired) electrons. The Labute approximate surface area is 234 Å². The summed E-state index contributed by atoms with van der Waals surface area (Å²) in [4.78, 5) is 38.3. The first-order valence-electron chi connectivity index (χ1n) is 11.6. The van der Waals surface area contributed by atoms with Gasteiger partial charge in [-0.2, -0.15) is 0 Å². The van der Waals surface area contributed by atoms with Gasteiger partial charge < -0.3 is 28.8 Å². The second-order valence-corrected chi connectivity index (χ2v) is 8.87. The van der Waals surface area contributed by atoms with Crippen molar-refractivity contribution in [3.05, 3.63) is 60.2 Å². The lowest BCUT2D eigenvalue weighted by atomic mass is 10.2. The molecule has 0 spiro atoms. The molecule has 4 aromatic rings. The van der Waals surface area contributed by atoms with Gasteiger partial charge in [-0.25, -0.2) is 19.6 Å². The second kappa shape index (κ2) is 16.6. The molecule has 208 valence electrons. The molecule has 2 aromatic carbocycles. The summed E-state index contributed by atoms with van der Waals surface area (Å²) >= 11 is 5.35. The number of nitrogens with one attached hydrogen (secondary N) is 1. The fourth-order valence-corrected chi connectivity index (χ4v) is 3.60. The number of aromatic amines is 1. The minimum Gasteiger partial charge on any atom is -0.465 e. The average molecular weight is 568 g/mol. The number of imidazole rings is 2. The number of benzene rings is 2. The third kappa shape index (κ3) is 9.29. The highest BCUT2D eigenvalue weighted by Crippen LogP contribution is 2.18. The predicted molar refractivity (Wildman–Crippen MR) is 154 cm³/mol. The van der Waals surface area contributed by atoms with Crippen LogP contribution in [0.4, 0.5) is 0 Å². The Morgan fingerprint density at radius 3 is 2.00 bits per heavy atom. The normalized spacial score (nSPS) is 10.3. The number of alkyl halides is 1. The molecule has 0 amide bonds. The number of methoxy groups -OCH3 is 2. The first kappa shape index (κ1) is 32.8. The van der Waals surface area contributed by atoms with E-state index in [0.29, 0.717) is 22.2 Å². The SMILES string of the molecule is CN(C)CCCl.COC(=O)c1cccc2[nH]cnc12.COC(=O)c1cccc2c1ncn2CCN(C)C.Cl. The maximum atomic E-state index is 11.6. The lowest BCUT2D eigenvalue weighted by molar-refractivity contribution is 0.0594. The zero-order chi connectivity index (χ0) is 27.4. The zero-order valence-corrected chi connectivity index (χ0v) is 24.2. The first-order chi connectivity index (χ1) is 17.7. The molecular weight excluding hydrogens is 531 g/mol. The summed E-state index contributed by atoms with van der Waals surface area (Å²) < 4.78 is 11.4. The fraction of sp³-hybridized carbons (Fsp3) is 0.385. The van der Waals surface area contributed by atoms with Gasteiger partial charge in [-0.15, -0.1) is 24.0 Å². The van der Waals surface area contributed by atoms with Gasteiger partial charge in [0.15, 0.2) is 0 Å². The number of halogens is 2. The molecule has 12 heteroatoms. The first-order valence-corrected chi connectivity index (χ1v) is 12.1. The summed E-state index contributed by atoms with van der Waals surface area (Å²) in [6, 6.07) is 10.9. The van der Waals surface area contributed by atoms with E-state index in [2.05, 4.69) is 24.6 Å². The van der Waals surface area contributed by atoms with Gasteiger partial charge in [0.1, 0.15) is 11.0 Å². The zero-order valence-electron chi connectivity index (χ0n) is 22.6. The van der Waals surface area contributed by atoms with E-state index in [1.165, 1.54) is 14.2 Å². The number of nitrogens with zero attached hydrogens (tertiary/aromatic N) is 5. The second-order valence-electron chi connectivity index (χ2n) is 8.49. The maximum absolute atomic E-state index is 11.6. The molecule has 0 bridgehead atoms. The number of carbonyl (C=O) groups excluding carboxylic acids is 2. The van der Waals surface area contributed by atoms with E-state index in [0.717, 1.165) is 36.5 Å². The maximum Gasteiger partial charge on any atom is 0.340 e. The molecule has 10 nitrogen and oxygen atoms in total. The van der Waals surface area contributed by atoms with Gasteiger partial charge in [0.2, 0.25) is 0 Å². The Bertz CT molecular complexity index is 1290. The lowest BCUT2D eigenvalue weighted by Gasteiger charge is -2.10. The van der Waals surface area contributed by atoms with Crippen LogP contribution in [0.5, 0.6) is 0 Å². The molecule has 1 N–H and O–H groups in total. The van der Waals surface area contributed by atoms with E-state index >= 15 is 0 Å². The quantitative estimate of drug-likeness (QED) is 0.265. The largest absolute Gasteiger partial charge is 0.465 e. The smallest absolute Gasteiger partial charge is 0.340 e. The Kier molecular flexibility index (Phi) is 14.4. The van der Waals surface area contributed by atoms with E-state index < -0.39 is 0 Å². The van der Waals surface area contributed by atoms with Crippen molar-refractivity contribution in [1.29, 1.82) is 0 Å². The molecule has 0 saturated carbocycles. The molecule has 0 fully saturated rings. The lowest BCUT2D eigenvalue weighted by Crippen LogP contribution is -2.17. The molecular formula is C26H36Cl2N6O4. The Morgan fingerprint density at radius 1 is 0.895 bits per heavy atom. The van der Waals surface area contributed by atoms with Gasteiger partial charge in [0.25, 0.3) is 0 Å². The van der Waals surface area contributed by atoms with E-state index in [9.17, 15) is 9.59 Å². The Hall–Kier alpha value is -3.18. The van der Waals surface area contributed by atoms with Crippen molar-refractivity contribution in [2.24, 2.45) is 0 Å². The molecule has 2 heterocycles. The van der Waals surface area contributed by atoms with Gasteiger partial charge in [-0.05, 0) is 52.5 Å². The summed E-state index contributed by atoms with van der Waals surface area (Å²) in [7, 11) is 10.8. The predicted octanol–water partition coefficient (Wildman–Crippen LogP) is 3.94. The van der Waals surface area contributed by atoms with Gasteiger partial charge in [0, 0.05) is 25.5 Å². The van der Waals surface area contributed by atoms with Crippen LogP contribution in [0.2, 0.25) is 0 Å². The fourth-order valence-electron chi connectivity index (χ4n) is 3.26. The van der Waals surface area contributed by atoms with Crippen LogP contribution in [0.15, 0.2) is 49.1 Å². The highest BCUT2D eigenvalue weighted by atomic mass is 35.5. The third-order valence-corrected chi connectivity index (χ3v) is 5.40. The molecule has 38 heavy (non-hydrogen) atoms. The van der Waals surface area contributed by atoms with Crippen molar-refractivity contribution in [3.63, 3.8) is 0 Å². The van der Waals surface area contributed by atoms with Crippen LogP contribution >= 0.6 is 24.0 Å². The van der Waals surface area contributed by atoms with E-state index in [1.54, 1.807) is 30.9 Å². The summed E-state index contributed by atoms with van der Waals surface area (Å²) in [5.74, 6) is 0.0173. The van der Waals surface area contributed by atoms with E-state index in [-0.39, 0.29) is 24.3 Å². The van der Waals surface area contributed by atoms with Crippen molar-refractivity contribution >= 4 is 58.0 Å². The van der Waals surface area contributed by atoms with Crippen LogP contribution in [0.1, 0.15) is 20.7 Å². The molecule has 0 aliphatic carbocycles.